The molecule has 0 saturated carbocycles. The maximum atomic E-state index is 11.9. The van der Waals surface area contributed by atoms with Gasteiger partial charge in [-0.25, -0.2) is 0 Å². The van der Waals surface area contributed by atoms with Gasteiger partial charge in [0.1, 0.15) is 0 Å². The van der Waals surface area contributed by atoms with Crippen molar-refractivity contribution in [1.29, 1.82) is 0 Å². The Labute approximate surface area is 113 Å². The van der Waals surface area contributed by atoms with Gasteiger partial charge in [0.25, 0.3) is 5.91 Å². The van der Waals surface area contributed by atoms with Crippen LogP contribution in [0.15, 0.2) is 22.7 Å². The molecule has 0 aliphatic heterocycles. The molecular weight excluding hydrogens is 300 g/mol. The molecule has 5 nitrogen and oxygen atoms in total. The minimum atomic E-state index is -0.948. The van der Waals surface area contributed by atoms with Gasteiger partial charge in [0.2, 0.25) is 0 Å². The highest BCUT2D eigenvalue weighted by Crippen LogP contribution is 2.17. The highest BCUT2D eigenvalue weighted by Gasteiger charge is 2.21. The molecule has 2 unspecified atom stereocenters. The van der Waals surface area contributed by atoms with Crippen molar-refractivity contribution in [3.63, 3.8) is 0 Å². The fraction of sp³-hybridized carbons (Fsp3) is 0.333. The first kappa shape index (κ1) is 14.5. The van der Waals surface area contributed by atoms with E-state index in [2.05, 4.69) is 21.2 Å². The molecule has 4 N–H and O–H groups in total. The van der Waals surface area contributed by atoms with Crippen LogP contribution in [-0.2, 0) is 4.79 Å². The summed E-state index contributed by atoms with van der Waals surface area (Å²) in [5.41, 5.74) is 6.49. The first-order valence-corrected chi connectivity index (χ1v) is 6.20. The van der Waals surface area contributed by atoms with Crippen molar-refractivity contribution < 1.29 is 14.7 Å². The van der Waals surface area contributed by atoms with Gasteiger partial charge < -0.3 is 16.2 Å². The summed E-state index contributed by atoms with van der Waals surface area (Å²) in [5, 5.41) is 11.5. The van der Waals surface area contributed by atoms with E-state index in [1.54, 1.807) is 26.0 Å². The molecule has 0 aliphatic rings. The van der Waals surface area contributed by atoms with Crippen LogP contribution in [0.3, 0.4) is 0 Å². The molecule has 1 amide bonds. The highest BCUT2D eigenvalue weighted by atomic mass is 79.9. The van der Waals surface area contributed by atoms with Crippen molar-refractivity contribution in [2.24, 2.45) is 5.92 Å². The molecule has 0 radical (unpaired) electrons. The topological polar surface area (TPSA) is 92.4 Å². The summed E-state index contributed by atoms with van der Waals surface area (Å²) >= 11 is 3.25. The van der Waals surface area contributed by atoms with Crippen LogP contribution in [0.25, 0.3) is 0 Å². The Balaban J connectivity index is 2.79. The Kier molecular flexibility index (Phi) is 4.72. The standard InChI is InChI=1S/C12H15BrN2O3/c1-6(12(17)18)7(2)15-11(16)8-3-9(13)5-10(14)4-8/h3-7H,14H2,1-2H3,(H,15,16)(H,17,18). The number of rotatable bonds is 4. The molecule has 1 aromatic carbocycles. The van der Waals surface area contributed by atoms with Crippen LogP contribution < -0.4 is 11.1 Å². The third kappa shape index (κ3) is 3.73. The van der Waals surface area contributed by atoms with Crippen LogP contribution in [0, 0.1) is 5.92 Å². The number of carboxylic acid groups (broad SMARTS) is 1. The van der Waals surface area contributed by atoms with E-state index in [1.165, 1.54) is 6.07 Å². The molecule has 0 aliphatic carbocycles. The lowest BCUT2D eigenvalue weighted by Crippen LogP contribution is -2.40. The van der Waals surface area contributed by atoms with Crippen molar-refractivity contribution in [1.82, 2.24) is 5.32 Å². The largest absolute Gasteiger partial charge is 0.481 e. The molecule has 0 fully saturated rings. The number of benzene rings is 1. The number of carbonyl (C=O) groups is 2. The van der Waals surface area contributed by atoms with E-state index in [0.29, 0.717) is 15.7 Å². The molecular formula is C12H15BrN2O3. The van der Waals surface area contributed by atoms with Gasteiger partial charge in [-0.15, -0.1) is 0 Å². The number of amides is 1. The van der Waals surface area contributed by atoms with Crippen LogP contribution in [0.2, 0.25) is 0 Å². The smallest absolute Gasteiger partial charge is 0.308 e. The third-order valence-corrected chi connectivity index (χ3v) is 3.14. The van der Waals surface area contributed by atoms with E-state index in [1.807, 2.05) is 0 Å². The maximum absolute atomic E-state index is 11.9. The highest BCUT2D eigenvalue weighted by molar-refractivity contribution is 9.10. The summed E-state index contributed by atoms with van der Waals surface area (Å²) in [6.07, 6.45) is 0. The fourth-order valence-corrected chi connectivity index (χ4v) is 1.88. The molecule has 0 spiro atoms. The summed E-state index contributed by atoms with van der Waals surface area (Å²) < 4.78 is 0.701. The quantitative estimate of drug-likeness (QED) is 0.740. The maximum Gasteiger partial charge on any atom is 0.308 e. The van der Waals surface area contributed by atoms with Crippen molar-refractivity contribution in [3.8, 4) is 0 Å². The number of nitrogen functional groups attached to an aromatic ring is 1. The number of anilines is 1. The first-order chi connectivity index (χ1) is 8.31. The van der Waals surface area contributed by atoms with Gasteiger partial charge in [-0.05, 0) is 32.0 Å². The second-order valence-electron chi connectivity index (χ2n) is 4.16. The Morgan fingerprint density at radius 1 is 1.33 bits per heavy atom. The summed E-state index contributed by atoms with van der Waals surface area (Å²) in [4.78, 5) is 22.7. The van der Waals surface area contributed by atoms with Gasteiger partial charge >= 0.3 is 5.97 Å². The van der Waals surface area contributed by atoms with E-state index in [-0.39, 0.29) is 5.91 Å². The summed E-state index contributed by atoms with van der Waals surface area (Å²) in [5.74, 6) is -1.95. The van der Waals surface area contributed by atoms with E-state index in [9.17, 15) is 9.59 Å². The zero-order valence-corrected chi connectivity index (χ0v) is 11.7. The SMILES string of the molecule is CC(NC(=O)c1cc(N)cc(Br)c1)C(C)C(=O)O. The molecule has 98 valence electrons. The third-order valence-electron chi connectivity index (χ3n) is 2.68. The predicted molar refractivity (Wildman–Crippen MR) is 72.3 cm³/mol. The number of hydrogen-bond donors (Lipinski definition) is 3. The Morgan fingerprint density at radius 2 is 1.94 bits per heavy atom. The summed E-state index contributed by atoms with van der Waals surface area (Å²) in [6.45, 7) is 3.20. The average molecular weight is 315 g/mol. The van der Waals surface area contributed by atoms with Crippen LogP contribution in [0.4, 0.5) is 5.69 Å². The zero-order valence-electron chi connectivity index (χ0n) is 10.1. The van der Waals surface area contributed by atoms with Gasteiger partial charge in [0.05, 0.1) is 5.92 Å². The summed E-state index contributed by atoms with van der Waals surface area (Å²) in [6, 6.07) is 4.39. The van der Waals surface area contributed by atoms with Gasteiger partial charge in [-0.2, -0.15) is 0 Å². The molecule has 1 rings (SSSR count). The lowest BCUT2D eigenvalue weighted by atomic mass is 10.0. The van der Waals surface area contributed by atoms with Crippen molar-refractivity contribution in [2.45, 2.75) is 19.9 Å². The molecule has 0 bridgehead atoms. The van der Waals surface area contributed by atoms with Crippen LogP contribution in [0.1, 0.15) is 24.2 Å². The first-order valence-electron chi connectivity index (χ1n) is 5.41. The number of nitrogens with one attached hydrogen (secondary N) is 1. The van der Waals surface area contributed by atoms with Gasteiger partial charge in [-0.3, -0.25) is 9.59 Å². The minimum absolute atomic E-state index is 0.344. The molecule has 0 heterocycles. The number of nitrogens with two attached hydrogens (primary N) is 1. The molecule has 6 heteroatoms. The van der Waals surface area contributed by atoms with Crippen molar-refractivity contribution >= 4 is 33.5 Å². The summed E-state index contributed by atoms with van der Waals surface area (Å²) in [7, 11) is 0. The normalized spacial score (nSPS) is 13.7. The number of carbonyl (C=O) groups excluding carboxylic acids is 1. The Bertz CT molecular complexity index is 456. The number of carboxylic acids is 1. The van der Waals surface area contributed by atoms with Crippen molar-refractivity contribution in [3.05, 3.63) is 28.2 Å². The minimum Gasteiger partial charge on any atom is -0.481 e. The van der Waals surface area contributed by atoms with Crippen LogP contribution >= 0.6 is 15.9 Å². The van der Waals surface area contributed by atoms with Crippen LogP contribution in [-0.4, -0.2) is 23.0 Å². The van der Waals surface area contributed by atoms with Gasteiger partial charge in [0, 0.05) is 21.8 Å². The average Bonchev–Trinajstić information content (AvgIpc) is 2.26. The lowest BCUT2D eigenvalue weighted by Gasteiger charge is -2.17. The molecule has 18 heavy (non-hydrogen) atoms. The molecule has 0 saturated heterocycles. The number of aliphatic carboxylic acids is 1. The Hall–Kier alpha value is -1.56. The van der Waals surface area contributed by atoms with Gasteiger partial charge in [0.15, 0.2) is 0 Å². The van der Waals surface area contributed by atoms with Crippen LogP contribution in [0.5, 0.6) is 0 Å². The van der Waals surface area contributed by atoms with E-state index in [4.69, 9.17) is 10.8 Å². The number of hydrogen-bond acceptors (Lipinski definition) is 3. The van der Waals surface area contributed by atoms with E-state index in [0.717, 1.165) is 0 Å². The molecule has 2 atom stereocenters. The molecule has 0 aromatic heterocycles. The van der Waals surface area contributed by atoms with Gasteiger partial charge in [-0.1, -0.05) is 15.9 Å². The zero-order chi connectivity index (χ0) is 13.9. The fourth-order valence-electron chi connectivity index (χ4n) is 1.37. The number of halogens is 1. The lowest BCUT2D eigenvalue weighted by molar-refractivity contribution is -0.141. The monoisotopic (exact) mass is 314 g/mol. The molecule has 1 aromatic rings. The van der Waals surface area contributed by atoms with E-state index >= 15 is 0 Å². The van der Waals surface area contributed by atoms with E-state index < -0.39 is 17.9 Å². The Morgan fingerprint density at radius 3 is 2.44 bits per heavy atom. The second kappa shape index (κ2) is 5.86. The van der Waals surface area contributed by atoms with Crippen molar-refractivity contribution in [2.75, 3.05) is 5.73 Å². The second-order valence-corrected chi connectivity index (χ2v) is 5.08. The predicted octanol–water partition coefficient (Wildman–Crippen LogP) is 1.87.